The van der Waals surface area contributed by atoms with E-state index in [2.05, 4.69) is 22.4 Å². The molecule has 0 aliphatic carbocycles. The molecule has 2 heterocycles. The van der Waals surface area contributed by atoms with Gasteiger partial charge in [0, 0.05) is 23.7 Å². The van der Waals surface area contributed by atoms with Gasteiger partial charge in [-0.05, 0) is 36.2 Å². The molecule has 1 aliphatic heterocycles. The van der Waals surface area contributed by atoms with Crippen LogP contribution in [0.4, 0.5) is 5.69 Å². The smallest absolute Gasteiger partial charge is 0.144 e. The second kappa shape index (κ2) is 5.60. The summed E-state index contributed by atoms with van der Waals surface area (Å²) in [4.78, 5) is 4.65. The normalized spacial score (nSPS) is 15.9. The number of ether oxygens (including phenoxy) is 2. The number of hydrogen-bond acceptors (Lipinski definition) is 5. The van der Waals surface area contributed by atoms with Gasteiger partial charge in [-0.25, -0.2) is 0 Å². The third-order valence-electron chi connectivity index (χ3n) is 4.29. The zero-order valence-corrected chi connectivity index (χ0v) is 13.8. The maximum absolute atomic E-state index is 5.52. The zero-order valence-electron chi connectivity index (χ0n) is 13.8. The number of furan rings is 1. The number of fused-ring (bicyclic) bond motifs is 2. The number of methoxy groups -OCH3 is 2. The molecule has 0 fully saturated rings. The van der Waals surface area contributed by atoms with Gasteiger partial charge in [0.2, 0.25) is 0 Å². The Bertz CT molecular complexity index is 943. The summed E-state index contributed by atoms with van der Waals surface area (Å²) in [6.07, 6.45) is 3.40. The van der Waals surface area contributed by atoms with Gasteiger partial charge in [0.15, 0.2) is 0 Å². The second-order valence-electron chi connectivity index (χ2n) is 5.79. The van der Waals surface area contributed by atoms with E-state index in [0.717, 1.165) is 44.8 Å². The van der Waals surface area contributed by atoms with Crippen molar-refractivity contribution in [3.8, 4) is 11.5 Å². The van der Waals surface area contributed by atoms with Crippen molar-refractivity contribution in [2.75, 3.05) is 19.5 Å². The van der Waals surface area contributed by atoms with E-state index in [1.165, 1.54) is 0 Å². The maximum Gasteiger partial charge on any atom is 0.144 e. The summed E-state index contributed by atoms with van der Waals surface area (Å²) in [7, 11) is 3.29. The van der Waals surface area contributed by atoms with Crippen LogP contribution in [0.1, 0.15) is 22.9 Å². The number of aliphatic imine (C=N–C) groups is 1. The number of rotatable bonds is 3. The Morgan fingerprint density at radius 3 is 2.79 bits per heavy atom. The lowest BCUT2D eigenvalue weighted by Crippen LogP contribution is -2.15. The fourth-order valence-electron chi connectivity index (χ4n) is 3.09. The van der Waals surface area contributed by atoms with E-state index < -0.39 is 0 Å². The highest BCUT2D eigenvalue weighted by molar-refractivity contribution is 5.94. The standard InChI is InChI=1S/C19H18N2O3/c1-11-6-13(7-12-4-5-24-18(11)12)19-20-10-15-16(21-19)8-14(22-2)9-17(15)23-3/h4-10,19,21H,1-3H3. The first-order valence-corrected chi connectivity index (χ1v) is 7.73. The van der Waals surface area contributed by atoms with Crippen molar-refractivity contribution in [2.24, 2.45) is 4.99 Å². The molecule has 1 atom stereocenters. The van der Waals surface area contributed by atoms with E-state index in [4.69, 9.17) is 13.9 Å². The molecule has 5 heteroatoms. The van der Waals surface area contributed by atoms with Gasteiger partial charge < -0.3 is 19.2 Å². The number of anilines is 1. The van der Waals surface area contributed by atoms with Crippen LogP contribution >= 0.6 is 0 Å². The van der Waals surface area contributed by atoms with Crippen LogP contribution in [-0.2, 0) is 0 Å². The molecule has 1 N–H and O–H groups in total. The van der Waals surface area contributed by atoms with Gasteiger partial charge in [0.1, 0.15) is 23.2 Å². The van der Waals surface area contributed by atoms with Gasteiger partial charge >= 0.3 is 0 Å². The van der Waals surface area contributed by atoms with Gasteiger partial charge in [-0.3, -0.25) is 4.99 Å². The van der Waals surface area contributed by atoms with Crippen LogP contribution in [-0.4, -0.2) is 20.4 Å². The average Bonchev–Trinajstić information content (AvgIpc) is 3.09. The van der Waals surface area contributed by atoms with Gasteiger partial charge in [-0.2, -0.15) is 0 Å². The van der Waals surface area contributed by atoms with Crippen LogP contribution in [0.3, 0.4) is 0 Å². The number of aryl methyl sites for hydroxylation is 1. The predicted molar refractivity (Wildman–Crippen MR) is 94.5 cm³/mol. The lowest BCUT2D eigenvalue weighted by Gasteiger charge is -2.24. The zero-order chi connectivity index (χ0) is 16.7. The third-order valence-corrected chi connectivity index (χ3v) is 4.29. The summed E-state index contributed by atoms with van der Waals surface area (Å²) in [6, 6.07) is 9.98. The summed E-state index contributed by atoms with van der Waals surface area (Å²) < 4.78 is 16.3. The topological polar surface area (TPSA) is 56.0 Å². The molecule has 0 saturated carbocycles. The largest absolute Gasteiger partial charge is 0.497 e. The van der Waals surface area contributed by atoms with Crippen molar-refractivity contribution in [1.29, 1.82) is 0 Å². The minimum absolute atomic E-state index is 0.160. The molecule has 1 unspecified atom stereocenters. The molecular formula is C19H18N2O3. The lowest BCUT2D eigenvalue weighted by molar-refractivity contribution is 0.394. The molecule has 24 heavy (non-hydrogen) atoms. The van der Waals surface area contributed by atoms with Gasteiger partial charge in [-0.15, -0.1) is 0 Å². The number of nitrogens with one attached hydrogen (secondary N) is 1. The first-order chi connectivity index (χ1) is 11.7. The molecule has 0 spiro atoms. The van der Waals surface area contributed by atoms with E-state index in [1.807, 2.05) is 31.3 Å². The Morgan fingerprint density at radius 2 is 2.00 bits per heavy atom. The highest BCUT2D eigenvalue weighted by Gasteiger charge is 2.20. The van der Waals surface area contributed by atoms with Crippen LogP contribution in [0, 0.1) is 6.92 Å². The second-order valence-corrected chi connectivity index (χ2v) is 5.79. The molecule has 1 aliphatic rings. The van der Waals surface area contributed by atoms with Crippen LogP contribution in [0.15, 0.2) is 46.0 Å². The fourth-order valence-corrected chi connectivity index (χ4v) is 3.09. The highest BCUT2D eigenvalue weighted by atomic mass is 16.5. The van der Waals surface area contributed by atoms with Crippen molar-refractivity contribution in [2.45, 2.75) is 13.1 Å². The molecule has 1 aromatic heterocycles. The van der Waals surface area contributed by atoms with Crippen molar-refractivity contribution in [3.63, 3.8) is 0 Å². The Balaban J connectivity index is 1.76. The highest BCUT2D eigenvalue weighted by Crippen LogP contribution is 2.37. The average molecular weight is 322 g/mol. The summed E-state index contributed by atoms with van der Waals surface area (Å²) >= 11 is 0. The van der Waals surface area contributed by atoms with Crippen molar-refractivity contribution < 1.29 is 13.9 Å². The predicted octanol–water partition coefficient (Wildman–Crippen LogP) is 4.30. The van der Waals surface area contributed by atoms with E-state index in [1.54, 1.807) is 20.5 Å². The number of benzene rings is 2. The van der Waals surface area contributed by atoms with E-state index >= 15 is 0 Å². The van der Waals surface area contributed by atoms with Gasteiger partial charge in [0.05, 0.1) is 31.7 Å². The Morgan fingerprint density at radius 1 is 1.12 bits per heavy atom. The Kier molecular flexibility index (Phi) is 3.41. The van der Waals surface area contributed by atoms with Gasteiger partial charge in [-0.1, -0.05) is 0 Å². The molecule has 0 radical (unpaired) electrons. The van der Waals surface area contributed by atoms with Crippen LogP contribution in [0.25, 0.3) is 11.0 Å². The van der Waals surface area contributed by atoms with Crippen molar-refractivity contribution in [3.05, 3.63) is 53.3 Å². The first-order valence-electron chi connectivity index (χ1n) is 7.73. The van der Waals surface area contributed by atoms with Crippen LogP contribution in [0.2, 0.25) is 0 Å². The quantitative estimate of drug-likeness (QED) is 0.781. The minimum Gasteiger partial charge on any atom is -0.497 e. The Hall–Kier alpha value is -2.95. The monoisotopic (exact) mass is 322 g/mol. The molecule has 0 saturated heterocycles. The third kappa shape index (κ3) is 2.29. The SMILES string of the molecule is COc1cc2c(c(OC)c1)C=NC(c1cc(C)c3occc3c1)N2. The van der Waals surface area contributed by atoms with Gasteiger partial charge in [0.25, 0.3) is 0 Å². The molecular weight excluding hydrogens is 304 g/mol. The van der Waals surface area contributed by atoms with Crippen LogP contribution < -0.4 is 14.8 Å². The van der Waals surface area contributed by atoms with Crippen LogP contribution in [0.5, 0.6) is 11.5 Å². The molecule has 122 valence electrons. The fraction of sp³-hybridized carbons (Fsp3) is 0.211. The molecule has 0 bridgehead atoms. The number of nitrogens with zero attached hydrogens (tertiary/aromatic N) is 1. The molecule has 2 aromatic carbocycles. The molecule has 4 rings (SSSR count). The van der Waals surface area contributed by atoms with E-state index in [0.29, 0.717) is 0 Å². The summed E-state index contributed by atoms with van der Waals surface area (Å²) in [6.45, 7) is 2.04. The van der Waals surface area contributed by atoms with Crippen molar-refractivity contribution >= 4 is 22.9 Å². The minimum atomic E-state index is -0.160. The summed E-state index contributed by atoms with van der Waals surface area (Å²) in [5, 5.41) is 4.54. The van der Waals surface area contributed by atoms with E-state index in [9.17, 15) is 0 Å². The lowest BCUT2D eigenvalue weighted by atomic mass is 10.0. The van der Waals surface area contributed by atoms with E-state index in [-0.39, 0.29) is 6.17 Å². The molecule has 0 amide bonds. The van der Waals surface area contributed by atoms with Crippen molar-refractivity contribution in [1.82, 2.24) is 0 Å². The molecule has 5 nitrogen and oxygen atoms in total. The number of hydrogen-bond donors (Lipinski definition) is 1. The Labute approximate surface area is 139 Å². The summed E-state index contributed by atoms with van der Waals surface area (Å²) in [5.41, 5.74) is 4.97. The first kappa shape index (κ1) is 14.6. The maximum atomic E-state index is 5.52. The molecule has 3 aromatic rings. The summed E-state index contributed by atoms with van der Waals surface area (Å²) in [5.74, 6) is 1.48.